The zero-order valence-electron chi connectivity index (χ0n) is 11.3. The molecule has 0 saturated carbocycles. The number of carboxylic acids is 1. The van der Waals surface area contributed by atoms with Crippen LogP contribution in [-0.4, -0.2) is 23.3 Å². The first-order chi connectivity index (χ1) is 8.75. The second-order valence-corrected chi connectivity index (χ2v) is 6.59. The highest BCUT2D eigenvalue weighted by molar-refractivity contribution is 14.1. The van der Waals surface area contributed by atoms with Gasteiger partial charge in [0.05, 0.1) is 19.6 Å². The molecule has 19 heavy (non-hydrogen) atoms. The highest BCUT2D eigenvalue weighted by atomic mass is 127. The van der Waals surface area contributed by atoms with Crippen LogP contribution < -0.4 is 4.74 Å². The molecule has 0 amide bonds. The summed E-state index contributed by atoms with van der Waals surface area (Å²) in [6, 6.07) is 5.57. The maximum atomic E-state index is 10.8. The Morgan fingerprint density at radius 2 is 2.11 bits per heavy atom. The Hall–Kier alpha value is -0.820. The molecule has 0 heterocycles. The van der Waals surface area contributed by atoms with Crippen molar-refractivity contribution in [3.8, 4) is 5.75 Å². The van der Waals surface area contributed by atoms with Crippen LogP contribution in [-0.2, 0) is 4.79 Å². The topological polar surface area (TPSA) is 66.8 Å². The number of aliphatic hydroxyl groups is 1. The number of carbonyl (C=O) groups is 1. The summed E-state index contributed by atoms with van der Waals surface area (Å²) in [6.07, 6.45) is -0.342. The van der Waals surface area contributed by atoms with Crippen molar-refractivity contribution in [1.82, 2.24) is 0 Å². The third-order valence-electron chi connectivity index (χ3n) is 2.93. The predicted octanol–water partition coefficient (Wildman–Crippen LogP) is 3.22. The highest BCUT2D eigenvalue weighted by Crippen LogP contribution is 2.36. The first-order valence-electron chi connectivity index (χ1n) is 5.98. The Balaban J connectivity index is 2.91. The molecule has 1 atom stereocenters. The fourth-order valence-electron chi connectivity index (χ4n) is 2.08. The van der Waals surface area contributed by atoms with E-state index < -0.39 is 17.5 Å². The van der Waals surface area contributed by atoms with E-state index in [1.807, 2.05) is 32.0 Å². The van der Waals surface area contributed by atoms with Gasteiger partial charge in [0.2, 0.25) is 0 Å². The van der Waals surface area contributed by atoms with E-state index in [0.717, 1.165) is 3.57 Å². The Morgan fingerprint density at radius 3 is 2.63 bits per heavy atom. The molecule has 2 N–H and O–H groups in total. The van der Waals surface area contributed by atoms with Gasteiger partial charge in [-0.15, -0.1) is 0 Å². The standard InChI is InChI=1S/C14H19IO4/c1-14(2,8-13(17)18)7-11(16)10-6-9(15)4-5-12(10)19-3/h4-6,11,16H,7-8H2,1-3H3,(H,17,18). The van der Waals surface area contributed by atoms with Crippen LogP contribution in [0.4, 0.5) is 0 Å². The fraction of sp³-hybridized carbons (Fsp3) is 0.500. The summed E-state index contributed by atoms with van der Waals surface area (Å²) in [5.41, 5.74) is 0.227. The van der Waals surface area contributed by atoms with Gasteiger partial charge in [-0.3, -0.25) is 4.79 Å². The zero-order valence-corrected chi connectivity index (χ0v) is 13.5. The normalized spacial score (nSPS) is 13.1. The summed E-state index contributed by atoms with van der Waals surface area (Å²) < 4.78 is 6.24. The van der Waals surface area contributed by atoms with Crippen molar-refractivity contribution in [2.45, 2.75) is 32.8 Å². The zero-order chi connectivity index (χ0) is 14.6. The van der Waals surface area contributed by atoms with Gasteiger partial charge in [-0.1, -0.05) is 13.8 Å². The number of ether oxygens (including phenoxy) is 1. The van der Waals surface area contributed by atoms with E-state index in [4.69, 9.17) is 9.84 Å². The number of carboxylic acid groups (broad SMARTS) is 1. The number of rotatable bonds is 6. The summed E-state index contributed by atoms with van der Waals surface area (Å²) in [6.45, 7) is 3.68. The summed E-state index contributed by atoms with van der Waals surface area (Å²) in [4.78, 5) is 10.8. The van der Waals surface area contributed by atoms with Gasteiger partial charge in [-0.05, 0) is 52.6 Å². The molecule has 1 aromatic rings. The molecule has 4 nitrogen and oxygen atoms in total. The van der Waals surface area contributed by atoms with E-state index in [1.54, 1.807) is 7.11 Å². The molecule has 0 bridgehead atoms. The van der Waals surface area contributed by atoms with E-state index in [1.165, 1.54) is 0 Å². The smallest absolute Gasteiger partial charge is 0.303 e. The highest BCUT2D eigenvalue weighted by Gasteiger charge is 2.27. The second-order valence-electron chi connectivity index (χ2n) is 5.34. The molecular weight excluding hydrogens is 359 g/mol. The average molecular weight is 378 g/mol. The minimum absolute atomic E-state index is 0.0241. The molecule has 0 aliphatic heterocycles. The van der Waals surface area contributed by atoms with E-state index in [9.17, 15) is 9.90 Å². The van der Waals surface area contributed by atoms with E-state index in [-0.39, 0.29) is 6.42 Å². The van der Waals surface area contributed by atoms with Gasteiger partial charge >= 0.3 is 5.97 Å². The van der Waals surface area contributed by atoms with Crippen LogP contribution in [0.5, 0.6) is 5.75 Å². The monoisotopic (exact) mass is 378 g/mol. The molecule has 0 fully saturated rings. The molecule has 1 unspecified atom stereocenters. The summed E-state index contributed by atoms with van der Waals surface area (Å²) in [5.74, 6) is -0.231. The number of aliphatic carboxylic acids is 1. The maximum absolute atomic E-state index is 10.8. The first-order valence-corrected chi connectivity index (χ1v) is 7.06. The number of hydrogen-bond acceptors (Lipinski definition) is 3. The van der Waals surface area contributed by atoms with Crippen LogP contribution >= 0.6 is 22.6 Å². The minimum Gasteiger partial charge on any atom is -0.496 e. The van der Waals surface area contributed by atoms with Crippen molar-refractivity contribution in [2.24, 2.45) is 5.41 Å². The lowest BCUT2D eigenvalue weighted by molar-refractivity contribution is -0.139. The van der Waals surface area contributed by atoms with Gasteiger partial charge in [0.1, 0.15) is 5.75 Å². The number of hydrogen-bond donors (Lipinski definition) is 2. The molecule has 0 aliphatic carbocycles. The predicted molar refractivity (Wildman–Crippen MR) is 81.3 cm³/mol. The van der Waals surface area contributed by atoms with Crippen molar-refractivity contribution in [3.05, 3.63) is 27.3 Å². The SMILES string of the molecule is COc1ccc(I)cc1C(O)CC(C)(C)CC(=O)O. The lowest BCUT2D eigenvalue weighted by Gasteiger charge is -2.26. The van der Waals surface area contributed by atoms with Crippen LogP contribution in [0.15, 0.2) is 18.2 Å². The Labute approximate surface area is 126 Å². The molecule has 0 spiro atoms. The van der Waals surface area contributed by atoms with Gasteiger partial charge in [0.15, 0.2) is 0 Å². The first kappa shape index (κ1) is 16.2. The lowest BCUT2D eigenvalue weighted by Crippen LogP contribution is -2.20. The number of benzene rings is 1. The van der Waals surface area contributed by atoms with Crippen LogP contribution in [0, 0.1) is 8.99 Å². The summed E-state index contributed by atoms with van der Waals surface area (Å²) >= 11 is 2.17. The molecule has 0 aliphatic rings. The number of halogens is 1. The van der Waals surface area contributed by atoms with Crippen LogP contribution in [0.25, 0.3) is 0 Å². The summed E-state index contributed by atoms with van der Waals surface area (Å²) in [5, 5.41) is 19.2. The van der Waals surface area contributed by atoms with Gasteiger partial charge in [0.25, 0.3) is 0 Å². The van der Waals surface area contributed by atoms with Crippen LogP contribution in [0.2, 0.25) is 0 Å². The van der Waals surface area contributed by atoms with E-state index in [2.05, 4.69) is 22.6 Å². The molecule has 0 aromatic heterocycles. The van der Waals surface area contributed by atoms with Crippen molar-refractivity contribution in [3.63, 3.8) is 0 Å². The second kappa shape index (κ2) is 6.56. The van der Waals surface area contributed by atoms with Crippen molar-refractivity contribution in [1.29, 1.82) is 0 Å². The van der Waals surface area contributed by atoms with E-state index >= 15 is 0 Å². The van der Waals surface area contributed by atoms with Gasteiger partial charge in [0, 0.05) is 9.13 Å². The van der Waals surface area contributed by atoms with Gasteiger partial charge in [-0.2, -0.15) is 0 Å². The average Bonchev–Trinajstić information content (AvgIpc) is 2.26. The van der Waals surface area contributed by atoms with Crippen LogP contribution in [0.3, 0.4) is 0 Å². The molecule has 0 radical (unpaired) electrons. The molecule has 5 heteroatoms. The number of aliphatic hydroxyl groups excluding tert-OH is 1. The quantitative estimate of drug-likeness (QED) is 0.746. The van der Waals surface area contributed by atoms with E-state index in [0.29, 0.717) is 17.7 Å². The van der Waals surface area contributed by atoms with Gasteiger partial charge < -0.3 is 14.9 Å². The maximum Gasteiger partial charge on any atom is 0.303 e. The molecular formula is C14H19IO4. The Bertz CT molecular complexity index is 457. The molecule has 1 aromatic carbocycles. The Kier molecular flexibility index (Phi) is 5.61. The van der Waals surface area contributed by atoms with Crippen LogP contribution in [0.1, 0.15) is 38.4 Å². The molecule has 106 valence electrons. The Morgan fingerprint density at radius 1 is 1.47 bits per heavy atom. The molecule has 0 saturated heterocycles. The third-order valence-corrected chi connectivity index (χ3v) is 3.60. The largest absolute Gasteiger partial charge is 0.496 e. The number of methoxy groups -OCH3 is 1. The van der Waals surface area contributed by atoms with Crippen molar-refractivity contribution < 1.29 is 19.7 Å². The summed E-state index contributed by atoms with van der Waals surface area (Å²) in [7, 11) is 1.56. The van der Waals surface area contributed by atoms with Crippen molar-refractivity contribution >= 4 is 28.6 Å². The third kappa shape index (κ3) is 4.99. The van der Waals surface area contributed by atoms with Gasteiger partial charge in [-0.25, -0.2) is 0 Å². The fourth-order valence-corrected chi connectivity index (χ4v) is 2.60. The van der Waals surface area contributed by atoms with Crippen molar-refractivity contribution in [2.75, 3.05) is 7.11 Å². The minimum atomic E-state index is -0.855. The lowest BCUT2D eigenvalue weighted by atomic mass is 9.82. The molecule has 1 rings (SSSR count).